The van der Waals surface area contributed by atoms with Crippen LogP contribution < -0.4 is 0 Å². The third-order valence-electron chi connectivity index (χ3n) is 2.76. The van der Waals surface area contributed by atoms with Gasteiger partial charge in [0.15, 0.2) is 11.5 Å². The van der Waals surface area contributed by atoms with Crippen LogP contribution in [0.3, 0.4) is 0 Å². The summed E-state index contributed by atoms with van der Waals surface area (Å²) in [6, 6.07) is 7.86. The van der Waals surface area contributed by atoms with Gasteiger partial charge in [0.2, 0.25) is 0 Å². The minimum Gasteiger partial charge on any atom is -0.441 e. The van der Waals surface area contributed by atoms with E-state index in [1.807, 2.05) is 36.0 Å². The molecule has 1 unspecified atom stereocenters. The first-order valence-corrected chi connectivity index (χ1v) is 6.44. The molecule has 3 rings (SSSR count). The Morgan fingerprint density at radius 2 is 2.24 bits per heavy atom. The Kier molecular flexibility index (Phi) is 2.65. The maximum Gasteiger partial charge on any atom is 0.196 e. The number of benzene rings is 1. The van der Waals surface area contributed by atoms with E-state index in [1.165, 1.54) is 4.88 Å². The molecule has 4 heteroatoms. The second-order valence-electron chi connectivity index (χ2n) is 4.08. The SMILES string of the molecule is CC(Cc1nc2ccccc2o1)c1cncs1. The van der Waals surface area contributed by atoms with Gasteiger partial charge in [0, 0.05) is 23.4 Å². The highest BCUT2D eigenvalue weighted by Crippen LogP contribution is 2.24. The van der Waals surface area contributed by atoms with Crippen molar-refractivity contribution in [1.29, 1.82) is 0 Å². The molecule has 0 radical (unpaired) electrons. The number of oxazole rings is 1. The molecule has 0 saturated heterocycles. The van der Waals surface area contributed by atoms with E-state index in [0.29, 0.717) is 5.92 Å². The van der Waals surface area contributed by atoms with Gasteiger partial charge in [0.25, 0.3) is 0 Å². The molecule has 0 spiro atoms. The molecule has 86 valence electrons. The van der Waals surface area contributed by atoms with Crippen LogP contribution in [0.2, 0.25) is 0 Å². The van der Waals surface area contributed by atoms with Crippen LogP contribution in [0.15, 0.2) is 40.4 Å². The Morgan fingerprint density at radius 3 is 3.00 bits per heavy atom. The van der Waals surface area contributed by atoms with Crippen LogP contribution in [0.5, 0.6) is 0 Å². The molecule has 0 fully saturated rings. The molecule has 0 aliphatic carbocycles. The highest BCUT2D eigenvalue weighted by molar-refractivity contribution is 7.09. The molecular formula is C13H12N2OS. The molecule has 17 heavy (non-hydrogen) atoms. The predicted molar refractivity (Wildman–Crippen MR) is 68.2 cm³/mol. The molecule has 0 N–H and O–H groups in total. The zero-order valence-electron chi connectivity index (χ0n) is 9.46. The Labute approximate surface area is 103 Å². The first-order valence-electron chi connectivity index (χ1n) is 5.56. The van der Waals surface area contributed by atoms with E-state index in [0.717, 1.165) is 23.4 Å². The van der Waals surface area contributed by atoms with Crippen molar-refractivity contribution in [3.63, 3.8) is 0 Å². The number of aromatic nitrogens is 2. The fourth-order valence-corrected chi connectivity index (χ4v) is 2.52. The zero-order chi connectivity index (χ0) is 11.7. The van der Waals surface area contributed by atoms with Crippen molar-refractivity contribution in [3.05, 3.63) is 46.7 Å². The van der Waals surface area contributed by atoms with Gasteiger partial charge in [0.1, 0.15) is 5.52 Å². The molecule has 2 heterocycles. The van der Waals surface area contributed by atoms with E-state index in [4.69, 9.17) is 4.42 Å². The van der Waals surface area contributed by atoms with E-state index < -0.39 is 0 Å². The quantitative estimate of drug-likeness (QED) is 0.706. The minimum atomic E-state index is 0.399. The average Bonchev–Trinajstić information content (AvgIpc) is 2.97. The zero-order valence-corrected chi connectivity index (χ0v) is 10.3. The molecule has 3 nitrogen and oxygen atoms in total. The van der Waals surface area contributed by atoms with E-state index in [9.17, 15) is 0 Å². The van der Waals surface area contributed by atoms with Crippen molar-refractivity contribution in [1.82, 2.24) is 9.97 Å². The highest BCUT2D eigenvalue weighted by Gasteiger charge is 2.12. The monoisotopic (exact) mass is 244 g/mol. The molecule has 0 amide bonds. The van der Waals surface area contributed by atoms with Crippen LogP contribution in [-0.2, 0) is 6.42 Å². The number of hydrogen-bond donors (Lipinski definition) is 0. The summed E-state index contributed by atoms with van der Waals surface area (Å²) in [6.45, 7) is 2.17. The van der Waals surface area contributed by atoms with Crippen LogP contribution in [0.25, 0.3) is 11.1 Å². The first-order chi connectivity index (χ1) is 8.33. The van der Waals surface area contributed by atoms with E-state index >= 15 is 0 Å². The van der Waals surface area contributed by atoms with Crippen molar-refractivity contribution in [2.75, 3.05) is 0 Å². The van der Waals surface area contributed by atoms with Crippen molar-refractivity contribution in [2.45, 2.75) is 19.3 Å². The largest absolute Gasteiger partial charge is 0.441 e. The predicted octanol–water partition coefficient (Wildman–Crippen LogP) is 3.63. The summed E-state index contributed by atoms with van der Waals surface area (Å²) < 4.78 is 5.71. The summed E-state index contributed by atoms with van der Waals surface area (Å²) in [4.78, 5) is 9.85. The van der Waals surface area contributed by atoms with Gasteiger partial charge in [0.05, 0.1) is 5.51 Å². The van der Waals surface area contributed by atoms with E-state index in [2.05, 4.69) is 16.9 Å². The van der Waals surface area contributed by atoms with E-state index in [1.54, 1.807) is 11.3 Å². The molecule has 0 bridgehead atoms. The Morgan fingerprint density at radius 1 is 1.35 bits per heavy atom. The van der Waals surface area contributed by atoms with Gasteiger partial charge >= 0.3 is 0 Å². The lowest BCUT2D eigenvalue weighted by atomic mass is 10.1. The lowest BCUT2D eigenvalue weighted by molar-refractivity contribution is 0.509. The molecule has 1 aromatic carbocycles. The van der Waals surface area contributed by atoms with Gasteiger partial charge in [-0.25, -0.2) is 4.98 Å². The lowest BCUT2D eigenvalue weighted by Crippen LogP contribution is -1.96. The number of para-hydroxylation sites is 2. The van der Waals surface area contributed by atoms with Crippen molar-refractivity contribution in [2.24, 2.45) is 0 Å². The molecule has 2 aromatic heterocycles. The normalized spacial score (nSPS) is 13.0. The summed E-state index contributed by atoms with van der Waals surface area (Å²) in [5.74, 6) is 1.20. The number of rotatable bonds is 3. The third-order valence-corrected chi connectivity index (χ3v) is 3.76. The van der Waals surface area contributed by atoms with Crippen molar-refractivity contribution in [3.8, 4) is 0 Å². The fraction of sp³-hybridized carbons (Fsp3) is 0.231. The van der Waals surface area contributed by atoms with Gasteiger partial charge < -0.3 is 4.42 Å². The van der Waals surface area contributed by atoms with Crippen molar-refractivity contribution >= 4 is 22.4 Å². The standard InChI is InChI=1S/C13H12N2OS/c1-9(12-7-14-8-17-12)6-13-15-10-4-2-3-5-11(10)16-13/h2-5,7-9H,6H2,1H3. The Balaban J connectivity index is 1.85. The van der Waals surface area contributed by atoms with Gasteiger partial charge in [-0.2, -0.15) is 0 Å². The number of fused-ring (bicyclic) bond motifs is 1. The van der Waals surface area contributed by atoms with Crippen LogP contribution in [0, 0.1) is 0 Å². The first kappa shape index (κ1) is 10.5. The summed E-state index contributed by atoms with van der Waals surface area (Å²) in [5, 5.41) is 0. The van der Waals surface area contributed by atoms with Gasteiger partial charge in [-0.15, -0.1) is 11.3 Å². The summed E-state index contributed by atoms with van der Waals surface area (Å²) in [6.07, 6.45) is 2.73. The van der Waals surface area contributed by atoms with Crippen LogP contribution in [0.4, 0.5) is 0 Å². The number of hydrogen-bond acceptors (Lipinski definition) is 4. The summed E-state index contributed by atoms with van der Waals surface area (Å²) in [5.41, 5.74) is 3.65. The van der Waals surface area contributed by atoms with Crippen LogP contribution in [0.1, 0.15) is 23.6 Å². The second-order valence-corrected chi connectivity index (χ2v) is 5.00. The summed E-state index contributed by atoms with van der Waals surface area (Å²) in [7, 11) is 0. The molecule has 0 aliphatic heterocycles. The van der Waals surface area contributed by atoms with E-state index in [-0.39, 0.29) is 0 Å². The Bertz CT molecular complexity index is 582. The highest BCUT2D eigenvalue weighted by atomic mass is 32.1. The minimum absolute atomic E-state index is 0.399. The second kappa shape index (κ2) is 4.30. The topological polar surface area (TPSA) is 38.9 Å². The molecule has 0 saturated carbocycles. The van der Waals surface area contributed by atoms with Crippen LogP contribution >= 0.6 is 11.3 Å². The van der Waals surface area contributed by atoms with Crippen LogP contribution in [-0.4, -0.2) is 9.97 Å². The molecular weight excluding hydrogens is 232 g/mol. The van der Waals surface area contributed by atoms with Gasteiger partial charge in [-0.1, -0.05) is 19.1 Å². The summed E-state index contributed by atoms with van der Waals surface area (Å²) >= 11 is 1.68. The smallest absolute Gasteiger partial charge is 0.196 e. The molecule has 1 atom stereocenters. The fourth-order valence-electron chi connectivity index (χ4n) is 1.84. The third kappa shape index (κ3) is 2.08. The maximum atomic E-state index is 5.71. The van der Waals surface area contributed by atoms with Gasteiger partial charge in [-0.3, -0.25) is 4.98 Å². The van der Waals surface area contributed by atoms with Gasteiger partial charge in [-0.05, 0) is 12.1 Å². The lowest BCUT2D eigenvalue weighted by Gasteiger charge is -2.04. The Hall–Kier alpha value is -1.68. The molecule has 0 aliphatic rings. The number of nitrogens with zero attached hydrogens (tertiary/aromatic N) is 2. The average molecular weight is 244 g/mol. The molecule has 3 aromatic rings. The maximum absolute atomic E-state index is 5.71. The van der Waals surface area contributed by atoms with Crippen molar-refractivity contribution < 1.29 is 4.42 Å². The number of thiazole rings is 1.